The number of carboxylic acids is 1. The van der Waals surface area contributed by atoms with Gasteiger partial charge >= 0.3 is 11.9 Å². The van der Waals surface area contributed by atoms with E-state index in [1.807, 2.05) is 49.5 Å². The van der Waals surface area contributed by atoms with Gasteiger partial charge in [-0.3, -0.25) is 0 Å². The molecular formula is C22H27N6O3+. The van der Waals surface area contributed by atoms with Crippen molar-refractivity contribution in [2.45, 2.75) is 18.6 Å². The van der Waals surface area contributed by atoms with Crippen molar-refractivity contribution in [1.82, 2.24) is 4.57 Å². The molecule has 3 aromatic rings. The van der Waals surface area contributed by atoms with Crippen LogP contribution in [0.3, 0.4) is 0 Å². The van der Waals surface area contributed by atoms with Gasteiger partial charge in [-0.25, -0.2) is 13.9 Å². The summed E-state index contributed by atoms with van der Waals surface area (Å²) in [7, 11) is 7.94. The molecule has 0 radical (unpaired) electrons. The highest BCUT2D eigenvalue weighted by Crippen LogP contribution is 2.29. The number of aliphatic hydroxyl groups is 1. The van der Waals surface area contributed by atoms with E-state index in [4.69, 9.17) is 0 Å². The first-order chi connectivity index (χ1) is 14.8. The third-order valence-corrected chi connectivity index (χ3v) is 5.85. The molecule has 4 rings (SSSR count). The molecular weight excluding hydrogens is 396 g/mol. The minimum atomic E-state index is -1.02. The van der Waals surface area contributed by atoms with Gasteiger partial charge < -0.3 is 20.0 Å². The number of nitrogens with zero attached hydrogens (tertiary/aromatic N) is 6. The Kier molecular flexibility index (Phi) is 5.36. The molecule has 31 heavy (non-hydrogen) atoms. The van der Waals surface area contributed by atoms with E-state index in [2.05, 4.69) is 33.3 Å². The Morgan fingerprint density at radius 2 is 1.87 bits per heavy atom. The average Bonchev–Trinajstić information content (AvgIpc) is 3.25. The summed E-state index contributed by atoms with van der Waals surface area (Å²) in [6.45, 7) is 0.500. The van der Waals surface area contributed by atoms with Crippen molar-refractivity contribution >= 4 is 40.0 Å². The van der Waals surface area contributed by atoms with Crippen LogP contribution in [0, 0.1) is 0 Å². The lowest BCUT2D eigenvalue weighted by atomic mass is 10.1. The maximum Gasteiger partial charge on any atom is 0.422 e. The molecule has 2 N–H and O–H groups in total. The number of azo groups is 1. The molecule has 0 amide bonds. The molecule has 0 aliphatic carbocycles. The number of aliphatic hydroxyl groups excluding tert-OH is 1. The zero-order valence-electron chi connectivity index (χ0n) is 18.1. The molecule has 1 aliphatic rings. The third kappa shape index (κ3) is 3.72. The number of aliphatic carboxylic acids is 1. The van der Waals surface area contributed by atoms with Crippen molar-refractivity contribution in [3.8, 4) is 0 Å². The number of anilines is 2. The lowest BCUT2D eigenvalue weighted by Gasteiger charge is -2.24. The number of carbonyl (C=O) groups is 1. The second kappa shape index (κ2) is 7.99. The standard InChI is InChI=1S/C22H26N6O3/c1-25(2)16-9-10-17-18(13-16)27(4)22(26(17)3)24-23-14-5-7-15(8-6-14)28-12-11-19(29)20(28)21(30)31/h5-10,13,19-20,29H,11-12H2,1-4H3/p+1. The van der Waals surface area contributed by atoms with Gasteiger partial charge in [0.1, 0.15) is 16.7 Å². The predicted octanol–water partition coefficient (Wildman–Crippen LogP) is 2.51. The van der Waals surface area contributed by atoms with Crippen molar-refractivity contribution in [3.63, 3.8) is 0 Å². The Balaban J connectivity index is 1.59. The van der Waals surface area contributed by atoms with Gasteiger partial charge in [-0.1, -0.05) is 5.11 Å². The van der Waals surface area contributed by atoms with Crippen molar-refractivity contribution in [2.75, 3.05) is 30.4 Å². The summed E-state index contributed by atoms with van der Waals surface area (Å²) >= 11 is 0. The molecule has 2 aromatic carbocycles. The van der Waals surface area contributed by atoms with E-state index in [9.17, 15) is 15.0 Å². The Morgan fingerprint density at radius 3 is 2.52 bits per heavy atom. The van der Waals surface area contributed by atoms with E-state index >= 15 is 0 Å². The second-order valence-corrected chi connectivity index (χ2v) is 8.03. The maximum absolute atomic E-state index is 11.5. The van der Waals surface area contributed by atoms with E-state index in [-0.39, 0.29) is 0 Å². The molecule has 162 valence electrons. The van der Waals surface area contributed by atoms with Crippen LogP contribution in [-0.4, -0.2) is 53.5 Å². The summed E-state index contributed by atoms with van der Waals surface area (Å²) in [5, 5.41) is 28.2. The van der Waals surface area contributed by atoms with Crippen LogP contribution in [0.2, 0.25) is 0 Å². The van der Waals surface area contributed by atoms with Gasteiger partial charge in [0.25, 0.3) is 0 Å². The Hall–Kier alpha value is -3.46. The van der Waals surface area contributed by atoms with Crippen LogP contribution in [0.4, 0.5) is 23.0 Å². The Bertz CT molecular complexity index is 1150. The maximum atomic E-state index is 11.5. The first-order valence-corrected chi connectivity index (χ1v) is 10.1. The monoisotopic (exact) mass is 423 g/mol. The van der Waals surface area contributed by atoms with E-state index in [0.29, 0.717) is 24.6 Å². The van der Waals surface area contributed by atoms with Gasteiger partial charge in [0.2, 0.25) is 0 Å². The molecule has 1 fully saturated rings. The normalized spacial score (nSPS) is 18.9. The van der Waals surface area contributed by atoms with Gasteiger partial charge in [-0.2, -0.15) is 0 Å². The van der Waals surface area contributed by atoms with Gasteiger partial charge in [0, 0.05) is 43.2 Å². The van der Waals surface area contributed by atoms with Crippen molar-refractivity contribution in [1.29, 1.82) is 0 Å². The van der Waals surface area contributed by atoms with Crippen LogP contribution in [-0.2, 0) is 18.9 Å². The molecule has 0 bridgehead atoms. The molecule has 0 spiro atoms. The lowest BCUT2D eigenvalue weighted by Crippen LogP contribution is -2.41. The Morgan fingerprint density at radius 1 is 1.16 bits per heavy atom. The SMILES string of the molecule is CN(C)c1ccc2c(c1)n(C)c(N=Nc1ccc(N3CCC(O)C3C(=O)O)cc1)[n+]2C. The fraction of sp³-hybridized carbons (Fsp3) is 0.364. The fourth-order valence-corrected chi connectivity index (χ4v) is 4.09. The summed E-state index contributed by atoms with van der Waals surface area (Å²) in [4.78, 5) is 15.2. The third-order valence-electron chi connectivity index (χ3n) is 5.85. The quantitative estimate of drug-likeness (QED) is 0.485. The summed E-state index contributed by atoms with van der Waals surface area (Å²) in [6.07, 6.45) is -0.428. The van der Waals surface area contributed by atoms with E-state index in [1.165, 1.54) is 0 Å². The van der Waals surface area contributed by atoms with Crippen molar-refractivity contribution in [3.05, 3.63) is 42.5 Å². The van der Waals surface area contributed by atoms with Crippen LogP contribution in [0.1, 0.15) is 6.42 Å². The van der Waals surface area contributed by atoms with Crippen LogP contribution in [0.25, 0.3) is 11.0 Å². The predicted molar refractivity (Wildman–Crippen MR) is 118 cm³/mol. The highest BCUT2D eigenvalue weighted by atomic mass is 16.4. The van der Waals surface area contributed by atoms with E-state index in [1.54, 1.807) is 17.0 Å². The zero-order valence-corrected chi connectivity index (χ0v) is 18.1. The minimum Gasteiger partial charge on any atom is -0.480 e. The number of benzene rings is 2. The number of hydrogen-bond acceptors (Lipinski definition) is 6. The Labute approximate surface area is 180 Å². The smallest absolute Gasteiger partial charge is 0.422 e. The molecule has 1 aromatic heterocycles. The number of carboxylic acid groups (broad SMARTS) is 1. The molecule has 2 heterocycles. The molecule has 2 unspecified atom stereocenters. The lowest BCUT2D eigenvalue weighted by molar-refractivity contribution is -0.632. The van der Waals surface area contributed by atoms with Crippen LogP contribution >= 0.6 is 0 Å². The molecule has 1 saturated heterocycles. The summed E-state index contributed by atoms with van der Waals surface area (Å²) in [5.41, 5.74) is 4.64. The number of imidazole rings is 1. The highest BCUT2D eigenvalue weighted by molar-refractivity contribution is 5.80. The topological polar surface area (TPSA) is 97.5 Å². The van der Waals surface area contributed by atoms with Crippen LogP contribution < -0.4 is 14.4 Å². The number of fused-ring (bicyclic) bond motifs is 1. The number of aromatic nitrogens is 2. The van der Waals surface area contributed by atoms with E-state index < -0.39 is 18.1 Å². The molecule has 2 atom stereocenters. The summed E-state index contributed by atoms with van der Waals surface area (Å²) in [6, 6.07) is 12.6. The minimum absolute atomic E-state index is 0.436. The average molecular weight is 423 g/mol. The van der Waals surface area contributed by atoms with Gasteiger partial charge in [0.05, 0.1) is 20.2 Å². The largest absolute Gasteiger partial charge is 0.480 e. The number of hydrogen-bond donors (Lipinski definition) is 2. The fourth-order valence-electron chi connectivity index (χ4n) is 4.09. The molecule has 9 nitrogen and oxygen atoms in total. The zero-order chi connectivity index (χ0) is 22.3. The molecule has 1 aliphatic heterocycles. The van der Waals surface area contributed by atoms with Gasteiger partial charge in [0.15, 0.2) is 6.04 Å². The van der Waals surface area contributed by atoms with Crippen LogP contribution in [0.15, 0.2) is 52.7 Å². The summed E-state index contributed by atoms with van der Waals surface area (Å²) in [5.74, 6) is -0.307. The molecule has 9 heteroatoms. The second-order valence-electron chi connectivity index (χ2n) is 8.03. The molecule has 0 saturated carbocycles. The summed E-state index contributed by atoms with van der Waals surface area (Å²) < 4.78 is 4.00. The van der Waals surface area contributed by atoms with Gasteiger partial charge in [-0.05, 0) is 42.8 Å². The van der Waals surface area contributed by atoms with E-state index in [0.717, 1.165) is 22.4 Å². The number of aryl methyl sites for hydroxylation is 2. The number of rotatable bonds is 5. The highest BCUT2D eigenvalue weighted by Gasteiger charge is 2.38. The van der Waals surface area contributed by atoms with Gasteiger partial charge in [-0.15, -0.1) is 0 Å². The van der Waals surface area contributed by atoms with Crippen molar-refractivity contribution in [2.24, 2.45) is 24.3 Å². The van der Waals surface area contributed by atoms with Crippen molar-refractivity contribution < 1.29 is 19.6 Å². The first kappa shape index (κ1) is 20.8. The first-order valence-electron chi connectivity index (χ1n) is 10.1. The van der Waals surface area contributed by atoms with Crippen LogP contribution in [0.5, 0.6) is 0 Å².